The molecule has 0 spiro atoms. The molecule has 0 aliphatic heterocycles. The van der Waals surface area contributed by atoms with Crippen molar-refractivity contribution in [2.75, 3.05) is 6.61 Å². The molecule has 2 aromatic rings. The second-order valence-corrected chi connectivity index (χ2v) is 9.15. The van der Waals surface area contributed by atoms with E-state index in [1.807, 2.05) is 27.7 Å². The van der Waals surface area contributed by atoms with Gasteiger partial charge in [-0.25, -0.2) is 8.78 Å². The van der Waals surface area contributed by atoms with E-state index in [1.165, 1.54) is 6.08 Å². The average molecular weight is 507 g/mol. The molecule has 2 rings (SSSR count). The summed E-state index contributed by atoms with van der Waals surface area (Å²) in [5.41, 5.74) is 3.36. The summed E-state index contributed by atoms with van der Waals surface area (Å²) in [6.45, 7) is 10.8. The molecule has 0 aliphatic carbocycles. The molecule has 0 aromatic heterocycles. The van der Waals surface area contributed by atoms with Gasteiger partial charge in [-0.2, -0.15) is 5.10 Å². The number of ether oxygens (including phenoxy) is 1. The van der Waals surface area contributed by atoms with Crippen molar-refractivity contribution in [2.24, 2.45) is 11.0 Å². The Morgan fingerprint density at radius 1 is 1.11 bits per heavy atom. The molecule has 0 bridgehead atoms. The van der Waals surface area contributed by atoms with Crippen molar-refractivity contribution in [3.05, 3.63) is 75.8 Å². The first-order valence-electron chi connectivity index (χ1n) is 11.5. The molecule has 0 saturated heterocycles. The van der Waals surface area contributed by atoms with Gasteiger partial charge < -0.3 is 20.8 Å². The number of amidine groups is 1. The SMILES string of the molecule is C/C=C/C(=N\NCc1cc(Cl)ccc1OCC(C)C)NC(=O)c1c(F)cc(CNC(C)C)cc1F. The normalized spacial score (nSPS) is 12.0. The van der Waals surface area contributed by atoms with E-state index in [9.17, 15) is 13.6 Å². The van der Waals surface area contributed by atoms with Crippen LogP contribution >= 0.6 is 11.6 Å². The molecule has 0 atom stereocenters. The number of halogens is 3. The summed E-state index contributed by atoms with van der Waals surface area (Å²) >= 11 is 6.12. The second kappa shape index (κ2) is 13.8. The maximum absolute atomic E-state index is 14.6. The highest BCUT2D eigenvalue weighted by molar-refractivity contribution is 6.30. The third-order valence-electron chi connectivity index (χ3n) is 4.67. The van der Waals surface area contributed by atoms with Crippen LogP contribution in [0.3, 0.4) is 0 Å². The fourth-order valence-corrected chi connectivity index (χ4v) is 3.20. The van der Waals surface area contributed by atoms with Gasteiger partial charge in [0.2, 0.25) is 0 Å². The van der Waals surface area contributed by atoms with Gasteiger partial charge in [-0.3, -0.25) is 4.79 Å². The maximum Gasteiger partial charge on any atom is 0.262 e. The highest BCUT2D eigenvalue weighted by atomic mass is 35.5. The van der Waals surface area contributed by atoms with Gasteiger partial charge >= 0.3 is 0 Å². The largest absolute Gasteiger partial charge is 0.493 e. The van der Waals surface area contributed by atoms with Crippen molar-refractivity contribution in [3.63, 3.8) is 0 Å². The van der Waals surface area contributed by atoms with E-state index < -0.39 is 23.1 Å². The quantitative estimate of drug-likeness (QED) is 0.212. The van der Waals surface area contributed by atoms with E-state index in [2.05, 4.69) is 21.2 Å². The Morgan fingerprint density at radius 3 is 2.40 bits per heavy atom. The lowest BCUT2D eigenvalue weighted by Gasteiger charge is -2.14. The smallest absolute Gasteiger partial charge is 0.262 e. The van der Waals surface area contributed by atoms with Gasteiger partial charge in [-0.05, 0) is 54.8 Å². The topological polar surface area (TPSA) is 74.8 Å². The Bertz CT molecular complexity index is 1050. The van der Waals surface area contributed by atoms with Crippen molar-refractivity contribution < 1.29 is 18.3 Å². The molecule has 6 nitrogen and oxygen atoms in total. The molecule has 0 unspecified atom stereocenters. The predicted molar refractivity (Wildman–Crippen MR) is 137 cm³/mol. The number of amides is 1. The lowest BCUT2D eigenvalue weighted by Crippen LogP contribution is -2.32. The zero-order valence-electron chi connectivity index (χ0n) is 20.7. The minimum atomic E-state index is -0.943. The number of carbonyl (C=O) groups excluding carboxylic acids is 1. The minimum Gasteiger partial charge on any atom is -0.493 e. The molecule has 3 N–H and O–H groups in total. The number of hydrazone groups is 1. The van der Waals surface area contributed by atoms with Crippen molar-refractivity contribution in [3.8, 4) is 5.75 Å². The van der Waals surface area contributed by atoms with Crippen LogP contribution in [0.15, 0.2) is 47.6 Å². The first kappa shape index (κ1) is 28.3. The number of nitrogens with zero attached hydrogens (tertiary/aromatic N) is 1. The number of hydrogen-bond donors (Lipinski definition) is 3. The van der Waals surface area contributed by atoms with Crippen LogP contribution in [0.25, 0.3) is 0 Å². The molecular weight excluding hydrogens is 474 g/mol. The van der Waals surface area contributed by atoms with Gasteiger partial charge in [0.15, 0.2) is 5.84 Å². The summed E-state index contributed by atoms with van der Waals surface area (Å²) in [5, 5.41) is 10.2. The summed E-state index contributed by atoms with van der Waals surface area (Å²) in [6.07, 6.45) is 3.15. The summed E-state index contributed by atoms with van der Waals surface area (Å²) in [6, 6.07) is 7.73. The minimum absolute atomic E-state index is 0.0912. The molecule has 35 heavy (non-hydrogen) atoms. The average Bonchev–Trinajstić information content (AvgIpc) is 2.76. The van der Waals surface area contributed by atoms with Crippen LogP contribution in [0.4, 0.5) is 8.78 Å². The fourth-order valence-electron chi connectivity index (χ4n) is 3.00. The van der Waals surface area contributed by atoms with Crippen molar-refractivity contribution in [1.82, 2.24) is 16.1 Å². The van der Waals surface area contributed by atoms with Crippen molar-refractivity contribution >= 4 is 23.3 Å². The van der Waals surface area contributed by atoms with Gasteiger partial charge in [0.05, 0.1) is 13.2 Å². The summed E-state index contributed by atoms with van der Waals surface area (Å²) in [4.78, 5) is 12.6. The molecule has 1 amide bonds. The highest BCUT2D eigenvalue weighted by Gasteiger charge is 2.20. The van der Waals surface area contributed by atoms with E-state index >= 15 is 0 Å². The number of allylic oxidation sites excluding steroid dienone is 1. The Morgan fingerprint density at radius 2 is 1.80 bits per heavy atom. The first-order valence-corrected chi connectivity index (χ1v) is 11.9. The first-order chi connectivity index (χ1) is 16.6. The van der Waals surface area contributed by atoms with Gasteiger partial charge in [0, 0.05) is 23.2 Å². The van der Waals surface area contributed by atoms with E-state index in [0.717, 1.165) is 17.7 Å². The van der Waals surface area contributed by atoms with Gasteiger partial charge in [0.1, 0.15) is 22.9 Å². The molecule has 0 fully saturated rings. The van der Waals surface area contributed by atoms with Gasteiger partial charge in [-0.1, -0.05) is 45.4 Å². The molecular formula is C26H33ClF2N4O2. The number of carbonyl (C=O) groups is 1. The highest BCUT2D eigenvalue weighted by Crippen LogP contribution is 2.23. The van der Waals surface area contributed by atoms with E-state index in [1.54, 1.807) is 31.2 Å². The Kier molecular flexibility index (Phi) is 11.1. The van der Waals surface area contributed by atoms with Crippen LogP contribution in [0.5, 0.6) is 5.75 Å². The van der Waals surface area contributed by atoms with Gasteiger partial charge in [-0.15, -0.1) is 0 Å². The second-order valence-electron chi connectivity index (χ2n) is 8.71. The van der Waals surface area contributed by atoms with Crippen molar-refractivity contribution in [2.45, 2.75) is 53.8 Å². The fraction of sp³-hybridized carbons (Fsp3) is 0.385. The molecule has 9 heteroatoms. The number of benzene rings is 2. The number of nitrogens with one attached hydrogen (secondary N) is 3. The molecule has 0 radical (unpaired) electrons. The Labute approximate surface area is 210 Å². The van der Waals surface area contributed by atoms with E-state index in [4.69, 9.17) is 16.3 Å². The van der Waals surface area contributed by atoms with Crippen LogP contribution in [0.1, 0.15) is 56.1 Å². The van der Waals surface area contributed by atoms with Gasteiger partial charge in [0.25, 0.3) is 5.91 Å². The number of hydrogen-bond acceptors (Lipinski definition) is 5. The summed E-state index contributed by atoms with van der Waals surface area (Å²) in [5.74, 6) is -1.72. The molecule has 2 aromatic carbocycles. The molecule has 190 valence electrons. The van der Waals surface area contributed by atoms with Crippen LogP contribution in [0.2, 0.25) is 5.02 Å². The lowest BCUT2D eigenvalue weighted by molar-refractivity contribution is 0.0969. The van der Waals surface area contributed by atoms with Crippen LogP contribution < -0.4 is 20.8 Å². The van der Waals surface area contributed by atoms with Crippen LogP contribution in [0, 0.1) is 17.6 Å². The molecule has 0 aliphatic rings. The monoisotopic (exact) mass is 506 g/mol. The summed E-state index contributed by atoms with van der Waals surface area (Å²) < 4.78 is 35.0. The van der Waals surface area contributed by atoms with Crippen LogP contribution in [-0.4, -0.2) is 24.4 Å². The van der Waals surface area contributed by atoms with E-state index in [-0.39, 0.29) is 25.0 Å². The molecule has 0 heterocycles. The zero-order chi connectivity index (χ0) is 26.0. The third kappa shape index (κ3) is 9.30. The van der Waals surface area contributed by atoms with E-state index in [0.29, 0.717) is 28.9 Å². The zero-order valence-corrected chi connectivity index (χ0v) is 21.5. The predicted octanol–water partition coefficient (Wildman–Crippen LogP) is 5.56. The molecule has 0 saturated carbocycles. The summed E-state index contributed by atoms with van der Waals surface area (Å²) in [7, 11) is 0. The Balaban J connectivity index is 2.13. The third-order valence-corrected chi connectivity index (χ3v) is 4.91. The lowest BCUT2D eigenvalue weighted by atomic mass is 10.1. The Hall–Kier alpha value is -2.97. The standard InChI is InChI=1S/C26H33ClF2N4O2/c1-6-7-24(33-31-14-19-12-20(27)8-9-23(19)35-15-16(2)3)32-26(34)25-21(28)10-18(11-22(25)29)13-30-17(4)5/h6-12,16-17,30-31H,13-15H2,1-5H3,(H,32,33,34)/b7-6+. The maximum atomic E-state index is 14.6. The van der Waals surface area contributed by atoms with Crippen molar-refractivity contribution in [1.29, 1.82) is 0 Å². The number of rotatable bonds is 11. The van der Waals surface area contributed by atoms with Crippen LogP contribution in [-0.2, 0) is 13.1 Å².